The number of nitrogens with one attached hydrogen (secondary N) is 1. The van der Waals surface area contributed by atoms with E-state index in [1.165, 1.54) is 16.0 Å². The fraction of sp³-hybridized carbons (Fsp3) is 0.471. The third-order valence-corrected chi connectivity index (χ3v) is 5.22. The first-order valence-electron chi connectivity index (χ1n) is 7.43. The summed E-state index contributed by atoms with van der Waals surface area (Å²) >= 11 is 1.68. The molecule has 0 bridgehead atoms. The van der Waals surface area contributed by atoms with Crippen LogP contribution in [0.4, 0.5) is 0 Å². The van der Waals surface area contributed by atoms with E-state index in [4.69, 9.17) is 0 Å². The monoisotopic (exact) mass is 302 g/mol. The first kappa shape index (κ1) is 14.5. The largest absolute Gasteiger partial charge is 0.336 e. The summed E-state index contributed by atoms with van der Waals surface area (Å²) in [6.45, 7) is 5.89. The minimum atomic E-state index is -0.193. The number of fused-ring (bicyclic) bond motifs is 1. The summed E-state index contributed by atoms with van der Waals surface area (Å²) in [5.41, 5.74) is 2.67. The van der Waals surface area contributed by atoms with E-state index in [-0.39, 0.29) is 17.4 Å². The number of nitrogens with zero attached hydrogens (tertiary/aromatic N) is 1. The molecule has 0 saturated heterocycles. The number of rotatable bonds is 3. The Balaban J connectivity index is 1.81. The van der Waals surface area contributed by atoms with Crippen molar-refractivity contribution in [3.05, 3.63) is 45.7 Å². The van der Waals surface area contributed by atoms with Crippen molar-refractivity contribution in [2.24, 2.45) is 5.41 Å². The van der Waals surface area contributed by atoms with Gasteiger partial charge in [-0.05, 0) is 36.1 Å². The van der Waals surface area contributed by atoms with Gasteiger partial charge in [0.2, 0.25) is 5.91 Å². The number of carbonyl (C=O) groups is 1. The Morgan fingerprint density at radius 1 is 1.48 bits per heavy atom. The number of allylic oxidation sites excluding steroid dienone is 2. The summed E-state index contributed by atoms with van der Waals surface area (Å²) in [5, 5.41) is 5.27. The van der Waals surface area contributed by atoms with Gasteiger partial charge in [-0.1, -0.05) is 32.1 Å². The van der Waals surface area contributed by atoms with E-state index < -0.39 is 0 Å². The summed E-state index contributed by atoms with van der Waals surface area (Å²) in [6, 6.07) is 1.96. The van der Waals surface area contributed by atoms with Gasteiger partial charge in [0.1, 0.15) is 6.04 Å². The molecule has 0 fully saturated rings. The lowest BCUT2D eigenvalue weighted by Gasteiger charge is -2.24. The van der Waals surface area contributed by atoms with Crippen LogP contribution in [0.5, 0.6) is 0 Å². The normalized spacial score (nSPS) is 24.0. The predicted octanol–water partition coefficient (Wildman–Crippen LogP) is 2.92. The SMILES string of the molecule is CNC1C(=O)N(CC2=CC(C)(C)C=C2)CCc2ccsc21. The van der Waals surface area contributed by atoms with Gasteiger partial charge in [-0.15, -0.1) is 11.3 Å². The number of hydrogen-bond donors (Lipinski definition) is 1. The standard InChI is InChI=1S/C17H22N2OS/c1-17(2)7-4-12(10-17)11-19-8-5-13-6-9-21-15(13)14(18-3)16(19)20/h4,6-7,9-10,14,18H,5,8,11H2,1-3H3. The van der Waals surface area contributed by atoms with Crippen LogP contribution in [0, 0.1) is 5.41 Å². The molecular formula is C17H22N2OS. The molecule has 1 aliphatic carbocycles. The molecule has 0 aromatic carbocycles. The van der Waals surface area contributed by atoms with Crippen LogP contribution in [0.1, 0.15) is 30.3 Å². The van der Waals surface area contributed by atoms with E-state index in [1.54, 1.807) is 11.3 Å². The summed E-state index contributed by atoms with van der Waals surface area (Å²) in [5.74, 6) is 0.192. The Hall–Kier alpha value is -1.39. The molecule has 1 aliphatic heterocycles. The van der Waals surface area contributed by atoms with Crippen molar-refractivity contribution >= 4 is 17.2 Å². The number of likely N-dealkylation sites (N-methyl/N-ethyl adjacent to an activating group) is 1. The molecule has 3 rings (SSSR count). The summed E-state index contributed by atoms with van der Waals surface area (Å²) in [7, 11) is 1.87. The van der Waals surface area contributed by atoms with Gasteiger partial charge in [-0.25, -0.2) is 0 Å². The fourth-order valence-electron chi connectivity index (χ4n) is 3.09. The molecule has 2 heterocycles. The molecule has 0 radical (unpaired) electrons. The lowest BCUT2D eigenvalue weighted by molar-refractivity contribution is -0.132. The third kappa shape index (κ3) is 2.83. The first-order chi connectivity index (χ1) is 10.00. The van der Waals surface area contributed by atoms with Crippen molar-refractivity contribution in [1.29, 1.82) is 0 Å². The van der Waals surface area contributed by atoms with Gasteiger partial charge < -0.3 is 10.2 Å². The smallest absolute Gasteiger partial charge is 0.245 e. The zero-order chi connectivity index (χ0) is 15.0. The van der Waals surface area contributed by atoms with E-state index in [0.29, 0.717) is 6.54 Å². The fourth-order valence-corrected chi connectivity index (χ4v) is 4.15. The Kier molecular flexibility index (Phi) is 3.76. The van der Waals surface area contributed by atoms with E-state index in [1.807, 2.05) is 11.9 Å². The van der Waals surface area contributed by atoms with Gasteiger partial charge in [0, 0.05) is 23.4 Å². The van der Waals surface area contributed by atoms with Crippen molar-refractivity contribution in [3.63, 3.8) is 0 Å². The maximum Gasteiger partial charge on any atom is 0.245 e. The van der Waals surface area contributed by atoms with Gasteiger partial charge in [-0.2, -0.15) is 0 Å². The van der Waals surface area contributed by atoms with Crippen molar-refractivity contribution in [2.45, 2.75) is 26.3 Å². The van der Waals surface area contributed by atoms with E-state index in [9.17, 15) is 4.79 Å². The second-order valence-corrected chi connectivity index (χ2v) is 7.36. The number of thiophene rings is 1. The summed E-state index contributed by atoms with van der Waals surface area (Å²) in [6.07, 6.45) is 7.57. The minimum absolute atomic E-state index is 0.116. The van der Waals surface area contributed by atoms with Gasteiger partial charge in [-0.3, -0.25) is 4.79 Å². The molecule has 0 saturated carbocycles. The van der Waals surface area contributed by atoms with Crippen LogP contribution >= 0.6 is 11.3 Å². The summed E-state index contributed by atoms with van der Waals surface area (Å²) < 4.78 is 0. The van der Waals surface area contributed by atoms with Crippen molar-refractivity contribution in [2.75, 3.05) is 20.1 Å². The average Bonchev–Trinajstić information content (AvgIpc) is 2.99. The molecule has 112 valence electrons. The number of hydrogen-bond acceptors (Lipinski definition) is 3. The topological polar surface area (TPSA) is 32.3 Å². The van der Waals surface area contributed by atoms with Crippen molar-refractivity contribution < 1.29 is 4.79 Å². The zero-order valence-electron chi connectivity index (χ0n) is 12.8. The van der Waals surface area contributed by atoms with E-state index in [0.717, 1.165) is 13.0 Å². The highest BCUT2D eigenvalue weighted by molar-refractivity contribution is 7.10. The highest BCUT2D eigenvalue weighted by Gasteiger charge is 2.31. The van der Waals surface area contributed by atoms with Crippen molar-refractivity contribution in [1.82, 2.24) is 10.2 Å². The van der Waals surface area contributed by atoms with E-state index >= 15 is 0 Å². The van der Waals surface area contributed by atoms with Crippen molar-refractivity contribution in [3.8, 4) is 0 Å². The van der Waals surface area contributed by atoms with E-state index in [2.05, 4.69) is 48.8 Å². The molecule has 1 atom stereocenters. The number of carbonyl (C=O) groups excluding carboxylic acids is 1. The lowest BCUT2D eigenvalue weighted by Crippen LogP contribution is -2.39. The average molecular weight is 302 g/mol. The molecule has 0 spiro atoms. The Bertz CT molecular complexity index is 612. The van der Waals surface area contributed by atoms with Crippen LogP contribution < -0.4 is 5.32 Å². The quantitative estimate of drug-likeness (QED) is 0.931. The highest BCUT2D eigenvalue weighted by Crippen LogP contribution is 2.32. The highest BCUT2D eigenvalue weighted by atomic mass is 32.1. The molecule has 1 aromatic rings. The molecule has 21 heavy (non-hydrogen) atoms. The van der Waals surface area contributed by atoms with Crippen LogP contribution in [-0.2, 0) is 11.2 Å². The van der Waals surface area contributed by atoms with Gasteiger partial charge in [0.05, 0.1) is 0 Å². The Morgan fingerprint density at radius 2 is 2.29 bits per heavy atom. The minimum Gasteiger partial charge on any atom is -0.336 e. The first-order valence-corrected chi connectivity index (χ1v) is 8.31. The van der Waals surface area contributed by atoms with Crippen LogP contribution in [0.3, 0.4) is 0 Å². The van der Waals surface area contributed by atoms with Crippen LogP contribution in [0.25, 0.3) is 0 Å². The van der Waals surface area contributed by atoms with Gasteiger partial charge in [0.15, 0.2) is 0 Å². The maximum atomic E-state index is 12.8. The predicted molar refractivity (Wildman–Crippen MR) is 87.4 cm³/mol. The molecule has 1 unspecified atom stereocenters. The second kappa shape index (κ2) is 5.43. The van der Waals surface area contributed by atoms with Crippen LogP contribution in [-0.4, -0.2) is 30.9 Å². The molecule has 1 amide bonds. The molecule has 4 heteroatoms. The molecule has 1 N–H and O–H groups in total. The summed E-state index contributed by atoms with van der Waals surface area (Å²) in [4.78, 5) is 16.0. The second-order valence-electron chi connectivity index (χ2n) is 6.42. The molecular weight excluding hydrogens is 280 g/mol. The van der Waals surface area contributed by atoms with Crippen LogP contribution in [0.2, 0.25) is 0 Å². The Morgan fingerprint density at radius 3 is 2.95 bits per heavy atom. The lowest BCUT2D eigenvalue weighted by atomic mass is 9.96. The van der Waals surface area contributed by atoms with Crippen LogP contribution in [0.15, 0.2) is 35.2 Å². The maximum absolute atomic E-state index is 12.8. The van der Waals surface area contributed by atoms with Gasteiger partial charge in [0.25, 0.3) is 0 Å². The third-order valence-electron chi connectivity index (χ3n) is 4.20. The zero-order valence-corrected chi connectivity index (χ0v) is 13.7. The molecule has 3 nitrogen and oxygen atoms in total. The molecule has 2 aliphatic rings. The number of amides is 1. The molecule has 1 aromatic heterocycles. The Labute approximate surface area is 130 Å². The van der Waals surface area contributed by atoms with Gasteiger partial charge >= 0.3 is 0 Å².